The first-order valence-corrected chi connectivity index (χ1v) is 8.29. The second kappa shape index (κ2) is 6.41. The third-order valence-electron chi connectivity index (χ3n) is 3.92. The summed E-state index contributed by atoms with van der Waals surface area (Å²) in [6.45, 7) is 1.22. The molecule has 1 aliphatic rings. The van der Waals surface area contributed by atoms with Crippen molar-refractivity contribution in [1.82, 2.24) is 4.90 Å². The van der Waals surface area contributed by atoms with E-state index in [9.17, 15) is 4.79 Å². The van der Waals surface area contributed by atoms with Gasteiger partial charge in [-0.3, -0.25) is 4.79 Å². The highest BCUT2D eigenvalue weighted by molar-refractivity contribution is 7.07. The Hall–Kier alpha value is -1.65. The molecule has 1 aliphatic carbocycles. The molecule has 4 heteroatoms. The van der Waals surface area contributed by atoms with E-state index in [4.69, 9.17) is 5.73 Å². The number of hydrogen-bond acceptors (Lipinski definition) is 3. The Kier molecular flexibility index (Phi) is 4.36. The number of rotatable bonds is 6. The van der Waals surface area contributed by atoms with Crippen LogP contribution in [0.15, 0.2) is 41.1 Å². The number of hydrogen-bond donors (Lipinski definition) is 1. The van der Waals surface area contributed by atoms with Gasteiger partial charge in [-0.05, 0) is 46.4 Å². The van der Waals surface area contributed by atoms with Gasteiger partial charge >= 0.3 is 0 Å². The fourth-order valence-corrected chi connectivity index (χ4v) is 3.24. The fraction of sp³-hybridized carbons (Fsp3) is 0.353. The number of thiophene rings is 1. The number of nitrogens with zero attached hydrogens (tertiary/aromatic N) is 1. The first-order valence-electron chi connectivity index (χ1n) is 7.35. The van der Waals surface area contributed by atoms with E-state index in [1.54, 1.807) is 11.3 Å². The Morgan fingerprint density at radius 1 is 1.24 bits per heavy atom. The van der Waals surface area contributed by atoms with Gasteiger partial charge in [0.25, 0.3) is 0 Å². The Bertz CT molecular complexity index is 605. The molecule has 2 aromatic rings. The first-order chi connectivity index (χ1) is 10.3. The third kappa shape index (κ3) is 3.52. The topological polar surface area (TPSA) is 46.3 Å². The van der Waals surface area contributed by atoms with Crippen LogP contribution in [0.3, 0.4) is 0 Å². The Labute approximate surface area is 129 Å². The lowest BCUT2D eigenvalue weighted by atomic mass is 10.0. The molecular weight excluding hydrogens is 280 g/mol. The van der Waals surface area contributed by atoms with Crippen LogP contribution in [-0.4, -0.2) is 16.8 Å². The van der Waals surface area contributed by atoms with Crippen LogP contribution in [0.25, 0.3) is 0 Å². The van der Waals surface area contributed by atoms with E-state index in [0.717, 1.165) is 30.5 Å². The van der Waals surface area contributed by atoms with E-state index in [-0.39, 0.29) is 5.91 Å². The van der Waals surface area contributed by atoms with E-state index >= 15 is 0 Å². The SMILES string of the molecule is NCc1ccccc1CC(=O)N(Cc1ccsc1)C1CC1. The number of nitrogens with two attached hydrogens (primary N) is 1. The minimum absolute atomic E-state index is 0.213. The molecule has 0 saturated heterocycles. The number of carbonyl (C=O) groups excluding carboxylic acids is 1. The van der Waals surface area contributed by atoms with E-state index in [0.29, 0.717) is 19.0 Å². The van der Waals surface area contributed by atoms with Gasteiger partial charge in [0.2, 0.25) is 5.91 Å². The van der Waals surface area contributed by atoms with Crippen molar-refractivity contribution < 1.29 is 4.79 Å². The molecule has 1 heterocycles. The third-order valence-corrected chi connectivity index (χ3v) is 4.65. The summed E-state index contributed by atoms with van der Waals surface area (Å²) in [4.78, 5) is 14.7. The van der Waals surface area contributed by atoms with Crippen LogP contribution in [-0.2, 0) is 24.3 Å². The quantitative estimate of drug-likeness (QED) is 0.891. The van der Waals surface area contributed by atoms with E-state index < -0.39 is 0 Å². The summed E-state index contributed by atoms with van der Waals surface area (Å²) in [6.07, 6.45) is 2.72. The Morgan fingerprint density at radius 3 is 2.62 bits per heavy atom. The van der Waals surface area contributed by atoms with Gasteiger partial charge in [-0.25, -0.2) is 0 Å². The van der Waals surface area contributed by atoms with Crippen molar-refractivity contribution in [2.24, 2.45) is 5.73 Å². The van der Waals surface area contributed by atoms with Gasteiger partial charge in [0.15, 0.2) is 0 Å². The maximum absolute atomic E-state index is 12.7. The lowest BCUT2D eigenvalue weighted by Gasteiger charge is -2.22. The average Bonchev–Trinajstić information content (AvgIpc) is 3.21. The largest absolute Gasteiger partial charge is 0.335 e. The molecule has 110 valence electrons. The molecule has 1 aromatic heterocycles. The van der Waals surface area contributed by atoms with Gasteiger partial charge in [0.05, 0.1) is 6.42 Å². The van der Waals surface area contributed by atoms with Crippen molar-refractivity contribution in [3.63, 3.8) is 0 Å². The summed E-state index contributed by atoms with van der Waals surface area (Å²) in [6, 6.07) is 10.5. The van der Waals surface area contributed by atoms with Crippen molar-refractivity contribution in [1.29, 1.82) is 0 Å². The van der Waals surface area contributed by atoms with Crippen LogP contribution in [0.4, 0.5) is 0 Å². The highest BCUT2D eigenvalue weighted by atomic mass is 32.1. The zero-order valence-electron chi connectivity index (χ0n) is 12.0. The van der Waals surface area contributed by atoms with Crippen LogP contribution in [0.2, 0.25) is 0 Å². The van der Waals surface area contributed by atoms with E-state index in [2.05, 4.69) is 16.8 Å². The standard InChI is InChI=1S/C17H20N2OS/c18-10-15-4-2-1-3-14(15)9-17(20)19(16-5-6-16)11-13-7-8-21-12-13/h1-4,7-8,12,16H,5-6,9-11,18H2. The number of carbonyl (C=O) groups is 1. The summed E-state index contributed by atoms with van der Waals surface area (Å²) < 4.78 is 0. The van der Waals surface area contributed by atoms with Gasteiger partial charge in [-0.1, -0.05) is 24.3 Å². The molecule has 0 aliphatic heterocycles. The van der Waals surface area contributed by atoms with E-state index in [1.165, 1.54) is 5.56 Å². The molecule has 0 unspecified atom stereocenters. The molecule has 1 saturated carbocycles. The van der Waals surface area contributed by atoms with Crippen LogP contribution < -0.4 is 5.73 Å². The van der Waals surface area contributed by atoms with E-state index in [1.807, 2.05) is 29.2 Å². The summed E-state index contributed by atoms with van der Waals surface area (Å²) in [5, 5.41) is 4.19. The van der Waals surface area contributed by atoms with Gasteiger partial charge < -0.3 is 10.6 Å². The zero-order chi connectivity index (χ0) is 14.7. The van der Waals surface area contributed by atoms with Crippen molar-refractivity contribution in [2.75, 3.05) is 0 Å². The van der Waals surface area contributed by atoms with Crippen LogP contribution in [0.5, 0.6) is 0 Å². The van der Waals surface area contributed by atoms with Crippen molar-refractivity contribution in [3.05, 3.63) is 57.8 Å². The second-order valence-electron chi connectivity index (χ2n) is 5.53. The summed E-state index contributed by atoms with van der Waals surface area (Å²) >= 11 is 1.68. The Balaban J connectivity index is 1.72. The number of benzene rings is 1. The summed E-state index contributed by atoms with van der Waals surface area (Å²) in [5.41, 5.74) is 9.11. The van der Waals surface area contributed by atoms with Crippen LogP contribution in [0.1, 0.15) is 29.5 Å². The minimum atomic E-state index is 0.213. The maximum atomic E-state index is 12.7. The number of amides is 1. The molecule has 0 atom stereocenters. The fourth-order valence-electron chi connectivity index (χ4n) is 2.58. The maximum Gasteiger partial charge on any atom is 0.227 e. The zero-order valence-corrected chi connectivity index (χ0v) is 12.8. The normalized spacial score (nSPS) is 14.1. The minimum Gasteiger partial charge on any atom is -0.335 e. The van der Waals surface area contributed by atoms with Crippen LogP contribution >= 0.6 is 11.3 Å². The molecule has 1 amide bonds. The highest BCUT2D eigenvalue weighted by Gasteiger charge is 2.32. The molecule has 21 heavy (non-hydrogen) atoms. The van der Waals surface area contributed by atoms with Gasteiger partial charge in [0, 0.05) is 19.1 Å². The van der Waals surface area contributed by atoms with Crippen LogP contribution in [0, 0.1) is 0 Å². The second-order valence-corrected chi connectivity index (χ2v) is 6.31. The van der Waals surface area contributed by atoms with Gasteiger partial charge in [0.1, 0.15) is 0 Å². The first kappa shape index (κ1) is 14.3. The predicted octanol–water partition coefficient (Wildman–Crippen LogP) is 2.94. The van der Waals surface area contributed by atoms with Crippen molar-refractivity contribution in [2.45, 2.75) is 38.4 Å². The Morgan fingerprint density at radius 2 is 2.00 bits per heavy atom. The molecule has 3 nitrogen and oxygen atoms in total. The molecule has 1 aromatic carbocycles. The molecule has 0 bridgehead atoms. The van der Waals surface area contributed by atoms with Gasteiger partial charge in [-0.2, -0.15) is 11.3 Å². The molecule has 2 N–H and O–H groups in total. The molecule has 0 radical (unpaired) electrons. The van der Waals surface area contributed by atoms with Crippen molar-refractivity contribution in [3.8, 4) is 0 Å². The smallest absolute Gasteiger partial charge is 0.227 e. The molecule has 1 fully saturated rings. The lowest BCUT2D eigenvalue weighted by Crippen LogP contribution is -2.34. The lowest BCUT2D eigenvalue weighted by molar-refractivity contribution is -0.131. The van der Waals surface area contributed by atoms with Gasteiger partial charge in [-0.15, -0.1) is 0 Å². The summed E-state index contributed by atoms with van der Waals surface area (Å²) in [7, 11) is 0. The average molecular weight is 300 g/mol. The molecule has 0 spiro atoms. The molecular formula is C17H20N2OS. The molecule has 3 rings (SSSR count). The monoisotopic (exact) mass is 300 g/mol. The predicted molar refractivity (Wildman–Crippen MR) is 85.9 cm³/mol. The highest BCUT2D eigenvalue weighted by Crippen LogP contribution is 2.29. The summed E-state index contributed by atoms with van der Waals surface area (Å²) in [5.74, 6) is 0.213. The van der Waals surface area contributed by atoms with Crippen molar-refractivity contribution >= 4 is 17.2 Å².